The highest BCUT2D eigenvalue weighted by atomic mass is 16.5. The minimum Gasteiger partial charge on any atom is -0.486 e. The summed E-state index contributed by atoms with van der Waals surface area (Å²) in [5, 5.41) is 18.7. The number of para-hydroxylation sites is 1. The molecule has 0 saturated heterocycles. The van der Waals surface area contributed by atoms with Crippen molar-refractivity contribution in [2.45, 2.75) is 26.1 Å². The normalized spacial score (nSPS) is 20.1. The van der Waals surface area contributed by atoms with Crippen molar-refractivity contribution in [1.29, 1.82) is 0 Å². The number of anilines is 2. The maximum absolute atomic E-state index is 9.68. The first-order valence-corrected chi connectivity index (χ1v) is 6.62. The van der Waals surface area contributed by atoms with Crippen LogP contribution >= 0.6 is 0 Å². The molecule has 2 rings (SSSR count). The lowest BCUT2D eigenvalue weighted by Crippen LogP contribution is -2.46. The van der Waals surface area contributed by atoms with E-state index >= 15 is 0 Å². The number of nitrogens with zero attached hydrogens (tertiary/aromatic N) is 1. The Kier molecular flexibility index (Phi) is 4.17. The van der Waals surface area contributed by atoms with Crippen LogP contribution in [-0.2, 0) is 0 Å². The van der Waals surface area contributed by atoms with Crippen LogP contribution in [0.5, 0.6) is 5.75 Å². The average Bonchev–Trinajstić information content (AvgIpc) is 2.38. The van der Waals surface area contributed by atoms with Gasteiger partial charge in [0.25, 0.3) is 0 Å². The predicted octanol–water partition coefficient (Wildman–Crippen LogP) is 0.845. The Bertz CT molecular complexity index is 437. The number of nitrogens with two attached hydrogens (primary N) is 1. The summed E-state index contributed by atoms with van der Waals surface area (Å²) in [5.74, 6) is 1.11. The molecule has 0 saturated carbocycles. The minimum atomic E-state index is -0.779. The molecule has 0 fully saturated rings. The van der Waals surface area contributed by atoms with Crippen LogP contribution in [0.4, 0.5) is 11.4 Å². The molecule has 0 aliphatic carbocycles. The Morgan fingerprint density at radius 3 is 2.84 bits per heavy atom. The van der Waals surface area contributed by atoms with Gasteiger partial charge in [0.15, 0.2) is 0 Å². The summed E-state index contributed by atoms with van der Waals surface area (Å²) >= 11 is 0. The van der Waals surface area contributed by atoms with E-state index in [0.29, 0.717) is 24.7 Å². The summed E-state index contributed by atoms with van der Waals surface area (Å²) < 4.78 is 5.95. The molecule has 0 bridgehead atoms. The van der Waals surface area contributed by atoms with Crippen LogP contribution in [0, 0.1) is 5.92 Å². The number of fused-ring (bicyclic) bond motifs is 1. The van der Waals surface area contributed by atoms with Gasteiger partial charge in [-0.25, -0.2) is 0 Å². The molecule has 4 N–H and O–H groups in total. The first-order valence-electron chi connectivity index (χ1n) is 6.62. The second kappa shape index (κ2) is 5.67. The van der Waals surface area contributed by atoms with Crippen LogP contribution in [0.1, 0.15) is 13.8 Å². The molecule has 1 heterocycles. The molecule has 2 atom stereocenters. The zero-order valence-electron chi connectivity index (χ0n) is 11.4. The molecular weight excluding hydrogens is 244 g/mol. The fraction of sp³-hybridized carbons (Fsp3) is 0.571. The predicted molar refractivity (Wildman–Crippen MR) is 75.4 cm³/mol. The van der Waals surface area contributed by atoms with Gasteiger partial charge in [-0.1, -0.05) is 19.9 Å². The van der Waals surface area contributed by atoms with Gasteiger partial charge < -0.3 is 25.6 Å². The first kappa shape index (κ1) is 14.0. The molecule has 5 heteroatoms. The molecule has 106 valence electrons. The van der Waals surface area contributed by atoms with Crippen LogP contribution < -0.4 is 15.4 Å². The highest BCUT2D eigenvalue weighted by Gasteiger charge is 2.30. The molecule has 1 aromatic carbocycles. The highest BCUT2D eigenvalue weighted by molar-refractivity contribution is 5.75. The third-order valence-corrected chi connectivity index (χ3v) is 3.41. The summed E-state index contributed by atoms with van der Waals surface area (Å²) in [6.45, 7) is 4.96. The second-order valence-electron chi connectivity index (χ2n) is 5.34. The summed E-state index contributed by atoms with van der Waals surface area (Å²) in [4.78, 5) is 2.00. The van der Waals surface area contributed by atoms with E-state index in [0.717, 1.165) is 11.4 Å². The van der Waals surface area contributed by atoms with Gasteiger partial charge in [-0.2, -0.15) is 0 Å². The molecule has 1 aromatic rings. The van der Waals surface area contributed by atoms with Crippen LogP contribution in [0.2, 0.25) is 0 Å². The Morgan fingerprint density at radius 2 is 2.21 bits per heavy atom. The lowest BCUT2D eigenvalue weighted by Gasteiger charge is -2.39. The van der Waals surface area contributed by atoms with Crippen molar-refractivity contribution >= 4 is 11.4 Å². The molecule has 5 nitrogen and oxygen atoms in total. The van der Waals surface area contributed by atoms with Crippen molar-refractivity contribution < 1.29 is 14.9 Å². The molecule has 0 radical (unpaired) electrons. The Balaban J connectivity index is 2.31. The van der Waals surface area contributed by atoms with Crippen LogP contribution in [0.15, 0.2) is 18.2 Å². The zero-order valence-corrected chi connectivity index (χ0v) is 11.4. The molecule has 0 amide bonds. The molecule has 1 aliphatic heterocycles. The fourth-order valence-corrected chi connectivity index (χ4v) is 2.31. The Labute approximate surface area is 113 Å². The second-order valence-corrected chi connectivity index (χ2v) is 5.34. The van der Waals surface area contributed by atoms with E-state index in [9.17, 15) is 5.11 Å². The molecule has 0 aromatic heterocycles. The number of nitrogen functional groups attached to an aromatic ring is 1. The maximum atomic E-state index is 9.68. The SMILES string of the molecule is CC(C)C1CN(CC(O)CO)c2c(N)cccc2O1. The van der Waals surface area contributed by atoms with E-state index in [2.05, 4.69) is 13.8 Å². The smallest absolute Gasteiger partial charge is 0.145 e. The molecule has 2 unspecified atom stereocenters. The van der Waals surface area contributed by atoms with E-state index in [1.54, 1.807) is 0 Å². The number of benzene rings is 1. The van der Waals surface area contributed by atoms with E-state index in [-0.39, 0.29) is 12.7 Å². The van der Waals surface area contributed by atoms with Crippen molar-refractivity contribution in [3.8, 4) is 5.75 Å². The standard InChI is InChI=1S/C14H22N2O3/c1-9(2)13-7-16(6-10(18)8-17)14-11(15)4-3-5-12(14)19-13/h3-5,9-10,13,17-18H,6-8,15H2,1-2H3. The maximum Gasteiger partial charge on any atom is 0.145 e. The zero-order chi connectivity index (χ0) is 14.0. The summed E-state index contributed by atoms with van der Waals surface area (Å²) in [7, 11) is 0. The van der Waals surface area contributed by atoms with E-state index < -0.39 is 6.10 Å². The third kappa shape index (κ3) is 2.93. The summed E-state index contributed by atoms with van der Waals surface area (Å²) in [5.41, 5.74) is 7.45. The molecular formula is C14H22N2O3. The quantitative estimate of drug-likeness (QED) is 0.704. The number of aliphatic hydroxyl groups is 2. The number of hydrogen-bond acceptors (Lipinski definition) is 5. The third-order valence-electron chi connectivity index (χ3n) is 3.41. The lowest BCUT2D eigenvalue weighted by atomic mass is 10.0. The monoisotopic (exact) mass is 266 g/mol. The van der Waals surface area contributed by atoms with Crippen LogP contribution in [0.25, 0.3) is 0 Å². The minimum absolute atomic E-state index is 0.0557. The van der Waals surface area contributed by atoms with Gasteiger partial charge in [0.1, 0.15) is 17.5 Å². The highest BCUT2D eigenvalue weighted by Crippen LogP contribution is 2.39. The van der Waals surface area contributed by atoms with Gasteiger partial charge >= 0.3 is 0 Å². The van der Waals surface area contributed by atoms with Gasteiger partial charge in [-0.15, -0.1) is 0 Å². The van der Waals surface area contributed by atoms with Gasteiger partial charge in [0, 0.05) is 6.54 Å². The number of rotatable bonds is 4. The summed E-state index contributed by atoms with van der Waals surface area (Å²) in [6.07, 6.45) is -0.724. The fourth-order valence-electron chi connectivity index (χ4n) is 2.31. The number of ether oxygens (including phenoxy) is 1. The average molecular weight is 266 g/mol. The Morgan fingerprint density at radius 1 is 1.47 bits per heavy atom. The topological polar surface area (TPSA) is 79.0 Å². The van der Waals surface area contributed by atoms with E-state index in [1.807, 2.05) is 23.1 Å². The van der Waals surface area contributed by atoms with Crippen LogP contribution in [-0.4, -0.2) is 42.1 Å². The van der Waals surface area contributed by atoms with Crippen molar-refractivity contribution in [3.63, 3.8) is 0 Å². The van der Waals surface area contributed by atoms with Crippen molar-refractivity contribution in [3.05, 3.63) is 18.2 Å². The Hall–Kier alpha value is -1.46. The number of aliphatic hydroxyl groups excluding tert-OH is 2. The molecule has 19 heavy (non-hydrogen) atoms. The first-order chi connectivity index (χ1) is 9.02. The van der Waals surface area contributed by atoms with Gasteiger partial charge in [-0.05, 0) is 18.1 Å². The van der Waals surface area contributed by atoms with Crippen molar-refractivity contribution in [1.82, 2.24) is 0 Å². The molecule has 1 aliphatic rings. The van der Waals surface area contributed by atoms with Crippen LogP contribution in [0.3, 0.4) is 0 Å². The molecule has 0 spiro atoms. The summed E-state index contributed by atoms with van der Waals surface area (Å²) in [6, 6.07) is 5.56. The lowest BCUT2D eigenvalue weighted by molar-refractivity contribution is 0.0915. The number of β-amino-alcohol motifs (C(OH)–C–C–N with tert-alkyl or cyclic N) is 1. The van der Waals surface area contributed by atoms with Gasteiger partial charge in [0.05, 0.1) is 24.9 Å². The van der Waals surface area contributed by atoms with Crippen molar-refractivity contribution in [2.75, 3.05) is 30.3 Å². The van der Waals surface area contributed by atoms with E-state index in [4.69, 9.17) is 15.6 Å². The van der Waals surface area contributed by atoms with Crippen molar-refractivity contribution in [2.24, 2.45) is 5.92 Å². The van der Waals surface area contributed by atoms with Gasteiger partial charge in [-0.3, -0.25) is 0 Å². The number of hydrogen-bond donors (Lipinski definition) is 3. The van der Waals surface area contributed by atoms with Gasteiger partial charge in [0.2, 0.25) is 0 Å². The van der Waals surface area contributed by atoms with E-state index in [1.165, 1.54) is 0 Å². The largest absolute Gasteiger partial charge is 0.486 e.